The number of ether oxygens (including phenoxy) is 1. The summed E-state index contributed by atoms with van der Waals surface area (Å²) in [6, 6.07) is 1.94. The average Bonchev–Trinajstić information content (AvgIpc) is 3.45. The maximum Gasteiger partial charge on any atom is 0.339 e. The molecule has 2 aliphatic rings. The SMILES string of the molecule is Cc1noc2nc(C3CC3)cc(C(=O)OCC(=O)NC3CCC(C)CC3)c12. The normalized spacial score (nSPS) is 22.6. The monoisotopic (exact) mass is 371 g/mol. The van der Waals surface area contributed by atoms with E-state index in [0.717, 1.165) is 50.1 Å². The van der Waals surface area contributed by atoms with Gasteiger partial charge in [0, 0.05) is 17.7 Å². The number of hydrogen-bond donors (Lipinski definition) is 1. The predicted octanol–water partition coefficient (Wildman–Crippen LogP) is 3.26. The molecule has 0 aliphatic heterocycles. The van der Waals surface area contributed by atoms with E-state index in [2.05, 4.69) is 22.4 Å². The molecule has 144 valence electrons. The molecule has 4 rings (SSSR count). The highest BCUT2D eigenvalue weighted by Gasteiger charge is 2.29. The third-order valence-corrected chi connectivity index (χ3v) is 5.57. The minimum Gasteiger partial charge on any atom is -0.452 e. The van der Waals surface area contributed by atoms with E-state index in [9.17, 15) is 9.59 Å². The van der Waals surface area contributed by atoms with E-state index < -0.39 is 5.97 Å². The van der Waals surface area contributed by atoms with Crippen molar-refractivity contribution in [1.29, 1.82) is 0 Å². The Hall–Kier alpha value is -2.44. The quantitative estimate of drug-likeness (QED) is 0.811. The highest BCUT2D eigenvalue weighted by atomic mass is 16.5. The van der Waals surface area contributed by atoms with Gasteiger partial charge in [0.2, 0.25) is 0 Å². The van der Waals surface area contributed by atoms with Crippen molar-refractivity contribution < 1.29 is 18.8 Å². The molecule has 0 spiro atoms. The van der Waals surface area contributed by atoms with Gasteiger partial charge in [-0.15, -0.1) is 0 Å². The van der Waals surface area contributed by atoms with Crippen molar-refractivity contribution in [2.75, 3.05) is 6.61 Å². The van der Waals surface area contributed by atoms with Crippen LogP contribution in [-0.2, 0) is 9.53 Å². The average molecular weight is 371 g/mol. The van der Waals surface area contributed by atoms with Gasteiger partial charge in [-0.2, -0.15) is 0 Å². The minimum absolute atomic E-state index is 0.182. The Bertz CT molecular complexity index is 863. The summed E-state index contributed by atoms with van der Waals surface area (Å²) >= 11 is 0. The van der Waals surface area contributed by atoms with Crippen LogP contribution in [0.15, 0.2) is 10.6 Å². The highest BCUT2D eigenvalue weighted by Crippen LogP contribution is 2.40. The van der Waals surface area contributed by atoms with E-state index in [-0.39, 0.29) is 18.6 Å². The summed E-state index contributed by atoms with van der Waals surface area (Å²) < 4.78 is 10.5. The predicted molar refractivity (Wildman–Crippen MR) is 98.4 cm³/mol. The number of nitrogens with one attached hydrogen (secondary N) is 1. The number of aryl methyl sites for hydroxylation is 1. The molecule has 0 unspecified atom stereocenters. The molecule has 0 saturated heterocycles. The van der Waals surface area contributed by atoms with Gasteiger partial charge in [0.1, 0.15) is 0 Å². The van der Waals surface area contributed by atoms with Crippen LogP contribution in [0.1, 0.15) is 73.1 Å². The molecule has 2 fully saturated rings. The van der Waals surface area contributed by atoms with Crippen LogP contribution in [0.25, 0.3) is 11.1 Å². The fraction of sp³-hybridized carbons (Fsp3) is 0.600. The topological polar surface area (TPSA) is 94.3 Å². The number of nitrogens with zero attached hydrogens (tertiary/aromatic N) is 2. The number of aromatic nitrogens is 2. The first-order valence-electron chi connectivity index (χ1n) is 9.74. The summed E-state index contributed by atoms with van der Waals surface area (Å²) in [4.78, 5) is 29.3. The maximum absolute atomic E-state index is 12.6. The van der Waals surface area contributed by atoms with Gasteiger partial charge in [0.05, 0.1) is 16.6 Å². The maximum atomic E-state index is 12.6. The van der Waals surface area contributed by atoms with Crippen molar-refractivity contribution in [2.24, 2.45) is 5.92 Å². The molecular formula is C20H25N3O4. The van der Waals surface area contributed by atoms with Gasteiger partial charge < -0.3 is 14.6 Å². The number of carbonyl (C=O) groups excluding carboxylic acids is 2. The van der Waals surface area contributed by atoms with E-state index >= 15 is 0 Å². The summed E-state index contributed by atoms with van der Waals surface area (Å²) in [5.41, 5.74) is 2.14. The first-order valence-corrected chi connectivity index (χ1v) is 9.74. The van der Waals surface area contributed by atoms with Crippen molar-refractivity contribution >= 4 is 23.0 Å². The second-order valence-electron chi connectivity index (χ2n) is 7.92. The Balaban J connectivity index is 1.42. The molecule has 0 atom stereocenters. The highest BCUT2D eigenvalue weighted by molar-refractivity contribution is 6.03. The van der Waals surface area contributed by atoms with Gasteiger partial charge in [-0.05, 0) is 57.4 Å². The molecule has 0 aromatic carbocycles. The van der Waals surface area contributed by atoms with Crippen LogP contribution in [0.5, 0.6) is 0 Å². The lowest BCUT2D eigenvalue weighted by Gasteiger charge is -2.26. The first kappa shape index (κ1) is 17.9. The van der Waals surface area contributed by atoms with E-state index in [1.165, 1.54) is 0 Å². The molecular weight excluding hydrogens is 346 g/mol. The van der Waals surface area contributed by atoms with Gasteiger partial charge in [0.25, 0.3) is 11.6 Å². The molecule has 2 saturated carbocycles. The largest absolute Gasteiger partial charge is 0.452 e. The lowest BCUT2D eigenvalue weighted by molar-refractivity contribution is -0.125. The Morgan fingerprint density at radius 2 is 1.96 bits per heavy atom. The van der Waals surface area contributed by atoms with Crippen LogP contribution in [0.4, 0.5) is 0 Å². The smallest absolute Gasteiger partial charge is 0.339 e. The lowest BCUT2D eigenvalue weighted by Crippen LogP contribution is -2.39. The zero-order chi connectivity index (χ0) is 19.0. The number of amides is 1. The summed E-state index contributed by atoms with van der Waals surface area (Å²) in [5, 5.41) is 7.44. The van der Waals surface area contributed by atoms with Gasteiger partial charge in [-0.25, -0.2) is 9.78 Å². The van der Waals surface area contributed by atoms with E-state index in [4.69, 9.17) is 9.26 Å². The Morgan fingerprint density at radius 3 is 2.67 bits per heavy atom. The number of hydrogen-bond acceptors (Lipinski definition) is 6. The van der Waals surface area contributed by atoms with Crippen molar-refractivity contribution in [3.05, 3.63) is 23.0 Å². The summed E-state index contributed by atoms with van der Waals surface area (Å²) in [7, 11) is 0. The molecule has 7 nitrogen and oxygen atoms in total. The molecule has 1 N–H and O–H groups in total. The Labute approximate surface area is 157 Å². The molecule has 2 aromatic heterocycles. The van der Waals surface area contributed by atoms with Crippen molar-refractivity contribution in [2.45, 2.75) is 64.3 Å². The summed E-state index contributed by atoms with van der Waals surface area (Å²) in [5.74, 6) is 0.293. The van der Waals surface area contributed by atoms with E-state index in [1.54, 1.807) is 13.0 Å². The number of pyridine rings is 1. The van der Waals surface area contributed by atoms with Gasteiger partial charge in [-0.3, -0.25) is 4.79 Å². The zero-order valence-corrected chi connectivity index (χ0v) is 15.8. The number of esters is 1. The van der Waals surface area contributed by atoms with E-state index in [0.29, 0.717) is 28.3 Å². The van der Waals surface area contributed by atoms with Crippen LogP contribution >= 0.6 is 0 Å². The summed E-state index contributed by atoms with van der Waals surface area (Å²) in [6.07, 6.45) is 6.32. The fourth-order valence-corrected chi connectivity index (χ4v) is 3.75. The zero-order valence-electron chi connectivity index (χ0n) is 15.8. The number of carbonyl (C=O) groups is 2. The van der Waals surface area contributed by atoms with Crippen LogP contribution in [0.2, 0.25) is 0 Å². The molecule has 1 amide bonds. The number of fused-ring (bicyclic) bond motifs is 1. The van der Waals surface area contributed by atoms with Crippen molar-refractivity contribution in [3.8, 4) is 0 Å². The van der Waals surface area contributed by atoms with Gasteiger partial charge >= 0.3 is 5.97 Å². The minimum atomic E-state index is -0.539. The molecule has 0 radical (unpaired) electrons. The third-order valence-electron chi connectivity index (χ3n) is 5.57. The van der Waals surface area contributed by atoms with Gasteiger partial charge in [-0.1, -0.05) is 12.1 Å². The molecule has 2 heterocycles. The molecule has 2 aliphatic carbocycles. The van der Waals surface area contributed by atoms with Gasteiger partial charge in [0.15, 0.2) is 6.61 Å². The van der Waals surface area contributed by atoms with Crippen LogP contribution < -0.4 is 5.32 Å². The summed E-state index contributed by atoms with van der Waals surface area (Å²) in [6.45, 7) is 3.72. The second-order valence-corrected chi connectivity index (χ2v) is 7.92. The first-order chi connectivity index (χ1) is 13.0. The van der Waals surface area contributed by atoms with Crippen molar-refractivity contribution in [1.82, 2.24) is 15.5 Å². The molecule has 7 heteroatoms. The third kappa shape index (κ3) is 3.96. The van der Waals surface area contributed by atoms with E-state index in [1.807, 2.05) is 0 Å². The van der Waals surface area contributed by atoms with Crippen LogP contribution in [-0.4, -0.2) is 34.7 Å². The number of rotatable bonds is 5. The molecule has 2 aromatic rings. The molecule has 27 heavy (non-hydrogen) atoms. The fourth-order valence-electron chi connectivity index (χ4n) is 3.75. The standard InChI is InChI=1S/C20H25N3O4/c1-11-3-7-14(8-4-11)21-17(24)10-26-20(25)15-9-16(13-5-6-13)22-19-18(15)12(2)23-27-19/h9,11,13-14H,3-8,10H2,1-2H3,(H,21,24). The van der Waals surface area contributed by atoms with Crippen LogP contribution in [0, 0.1) is 12.8 Å². The lowest BCUT2D eigenvalue weighted by atomic mass is 9.87. The van der Waals surface area contributed by atoms with Crippen molar-refractivity contribution in [3.63, 3.8) is 0 Å². The Kier molecular flexibility index (Phi) is 4.85. The second kappa shape index (κ2) is 7.29. The molecule has 0 bridgehead atoms. The Morgan fingerprint density at radius 1 is 1.22 bits per heavy atom. The van der Waals surface area contributed by atoms with Crippen LogP contribution in [0.3, 0.4) is 0 Å².